The minimum Gasteiger partial charge on any atom is -0.456 e. The summed E-state index contributed by atoms with van der Waals surface area (Å²) in [5, 5.41) is 0. The van der Waals surface area contributed by atoms with Gasteiger partial charge in [-0.05, 0) is 40.5 Å². The first kappa shape index (κ1) is 19.4. The average Bonchev–Trinajstić information content (AvgIpc) is 2.96. The van der Waals surface area contributed by atoms with Crippen LogP contribution in [0.25, 0.3) is 0 Å². The topological polar surface area (TPSA) is 84.9 Å². The van der Waals surface area contributed by atoms with Crippen molar-refractivity contribution in [3.05, 3.63) is 17.6 Å². The fraction of sp³-hybridized carbons (Fsp3) is 0.684. The molecule has 8 heteroatoms. The van der Waals surface area contributed by atoms with Gasteiger partial charge in [-0.15, -0.1) is 0 Å². The molecule has 1 amide bonds. The minimum absolute atomic E-state index is 0.0954. The molecular weight excluding hydrogens is 348 g/mol. The van der Waals surface area contributed by atoms with Gasteiger partial charge < -0.3 is 19.3 Å². The number of rotatable bonds is 2. The summed E-state index contributed by atoms with van der Waals surface area (Å²) in [7, 11) is 0. The van der Waals surface area contributed by atoms with Crippen LogP contribution in [0.3, 0.4) is 0 Å². The number of fused-ring (bicyclic) bond motifs is 1. The van der Waals surface area contributed by atoms with Gasteiger partial charge in [0.15, 0.2) is 0 Å². The van der Waals surface area contributed by atoms with Crippen molar-refractivity contribution >= 4 is 17.9 Å². The molecule has 0 radical (unpaired) electrons. The van der Waals surface area contributed by atoms with Crippen LogP contribution in [0.5, 0.6) is 0 Å². The Morgan fingerprint density at radius 1 is 1.22 bits per heavy atom. The van der Waals surface area contributed by atoms with Gasteiger partial charge in [0.25, 0.3) is 0 Å². The van der Waals surface area contributed by atoms with Crippen LogP contribution in [0, 0.1) is 0 Å². The van der Waals surface area contributed by atoms with Crippen LogP contribution >= 0.6 is 0 Å². The SMILES string of the molecule is CC(=O)OC1CCc2c1ncnc2N1CCN(C(=O)OC(C)(C)C)C[C@@H]1C. The lowest BCUT2D eigenvalue weighted by Gasteiger charge is -2.41. The molecule has 2 aliphatic rings. The predicted octanol–water partition coefficient (Wildman–Crippen LogP) is 2.47. The van der Waals surface area contributed by atoms with E-state index in [1.165, 1.54) is 13.3 Å². The number of aromatic nitrogens is 2. The van der Waals surface area contributed by atoms with E-state index in [-0.39, 0.29) is 24.2 Å². The quantitative estimate of drug-likeness (QED) is 0.733. The summed E-state index contributed by atoms with van der Waals surface area (Å²) in [4.78, 5) is 36.5. The highest BCUT2D eigenvalue weighted by atomic mass is 16.6. The average molecular weight is 376 g/mol. The zero-order valence-corrected chi connectivity index (χ0v) is 16.7. The molecule has 1 aliphatic carbocycles. The van der Waals surface area contributed by atoms with E-state index >= 15 is 0 Å². The number of hydrogen-bond acceptors (Lipinski definition) is 7. The number of amides is 1. The van der Waals surface area contributed by atoms with Gasteiger partial charge in [0.1, 0.15) is 23.9 Å². The van der Waals surface area contributed by atoms with Gasteiger partial charge in [0.05, 0.1) is 5.69 Å². The van der Waals surface area contributed by atoms with E-state index in [4.69, 9.17) is 9.47 Å². The van der Waals surface area contributed by atoms with Gasteiger partial charge in [-0.3, -0.25) is 4.79 Å². The van der Waals surface area contributed by atoms with Crippen molar-refractivity contribution < 1.29 is 19.1 Å². The molecule has 0 N–H and O–H groups in total. The zero-order valence-electron chi connectivity index (χ0n) is 16.7. The highest BCUT2D eigenvalue weighted by molar-refractivity contribution is 5.69. The maximum atomic E-state index is 12.3. The van der Waals surface area contributed by atoms with E-state index in [1.807, 2.05) is 20.8 Å². The molecule has 148 valence electrons. The van der Waals surface area contributed by atoms with E-state index in [9.17, 15) is 9.59 Å². The number of anilines is 1. The lowest BCUT2D eigenvalue weighted by atomic mass is 10.1. The summed E-state index contributed by atoms with van der Waals surface area (Å²) in [6, 6.07) is 0.0954. The Balaban J connectivity index is 1.73. The van der Waals surface area contributed by atoms with Crippen LogP contribution in [0.1, 0.15) is 58.4 Å². The van der Waals surface area contributed by atoms with Crippen molar-refractivity contribution in [1.29, 1.82) is 0 Å². The van der Waals surface area contributed by atoms with E-state index in [0.717, 1.165) is 29.9 Å². The summed E-state index contributed by atoms with van der Waals surface area (Å²) in [5.41, 5.74) is 1.34. The Labute approximate surface area is 159 Å². The first-order valence-corrected chi connectivity index (χ1v) is 9.41. The van der Waals surface area contributed by atoms with E-state index in [1.54, 1.807) is 4.90 Å². The fourth-order valence-corrected chi connectivity index (χ4v) is 3.67. The summed E-state index contributed by atoms with van der Waals surface area (Å²) in [5.74, 6) is 0.582. The third kappa shape index (κ3) is 4.31. The first-order chi connectivity index (χ1) is 12.7. The number of nitrogens with zero attached hydrogens (tertiary/aromatic N) is 4. The van der Waals surface area contributed by atoms with Crippen molar-refractivity contribution in [1.82, 2.24) is 14.9 Å². The molecule has 1 aromatic heterocycles. The molecule has 0 aromatic carbocycles. The lowest BCUT2D eigenvalue weighted by Crippen LogP contribution is -2.55. The second-order valence-corrected chi connectivity index (χ2v) is 8.17. The van der Waals surface area contributed by atoms with Gasteiger partial charge >= 0.3 is 12.1 Å². The molecule has 1 aromatic rings. The molecule has 2 atom stereocenters. The Morgan fingerprint density at radius 3 is 2.59 bits per heavy atom. The third-order valence-electron chi connectivity index (χ3n) is 4.78. The zero-order chi connectivity index (χ0) is 19.8. The molecule has 1 unspecified atom stereocenters. The number of ether oxygens (including phenoxy) is 2. The van der Waals surface area contributed by atoms with Crippen LogP contribution in [-0.4, -0.2) is 58.2 Å². The number of esters is 1. The number of carbonyl (C=O) groups excluding carboxylic acids is 2. The number of hydrogen-bond donors (Lipinski definition) is 0. The third-order valence-corrected chi connectivity index (χ3v) is 4.78. The van der Waals surface area contributed by atoms with Gasteiger partial charge in [-0.2, -0.15) is 0 Å². The molecule has 27 heavy (non-hydrogen) atoms. The van der Waals surface area contributed by atoms with Gasteiger partial charge in [-0.1, -0.05) is 0 Å². The molecular formula is C19H28N4O4. The van der Waals surface area contributed by atoms with Crippen molar-refractivity contribution in [2.24, 2.45) is 0 Å². The number of piperazine rings is 1. The molecule has 0 saturated carbocycles. The van der Waals surface area contributed by atoms with Crippen LogP contribution in [0.15, 0.2) is 6.33 Å². The van der Waals surface area contributed by atoms with Crippen molar-refractivity contribution in [3.63, 3.8) is 0 Å². The van der Waals surface area contributed by atoms with E-state index in [2.05, 4.69) is 21.8 Å². The normalized spacial score (nSPS) is 22.4. The van der Waals surface area contributed by atoms with Crippen molar-refractivity contribution in [3.8, 4) is 0 Å². The van der Waals surface area contributed by atoms with Crippen LogP contribution in [0.2, 0.25) is 0 Å². The maximum Gasteiger partial charge on any atom is 0.410 e. The molecule has 1 aliphatic heterocycles. The molecule has 2 heterocycles. The van der Waals surface area contributed by atoms with Gasteiger partial charge in [0.2, 0.25) is 0 Å². The smallest absolute Gasteiger partial charge is 0.410 e. The highest BCUT2D eigenvalue weighted by Crippen LogP contribution is 2.37. The summed E-state index contributed by atoms with van der Waals surface area (Å²) < 4.78 is 10.9. The second-order valence-electron chi connectivity index (χ2n) is 8.17. The van der Waals surface area contributed by atoms with E-state index < -0.39 is 5.60 Å². The van der Waals surface area contributed by atoms with Crippen molar-refractivity contribution in [2.75, 3.05) is 24.5 Å². The lowest BCUT2D eigenvalue weighted by molar-refractivity contribution is -0.146. The van der Waals surface area contributed by atoms with E-state index in [0.29, 0.717) is 19.6 Å². The molecule has 0 bridgehead atoms. The summed E-state index contributed by atoms with van der Waals surface area (Å²) in [6.45, 7) is 10.9. The summed E-state index contributed by atoms with van der Waals surface area (Å²) >= 11 is 0. The maximum absolute atomic E-state index is 12.3. The summed E-state index contributed by atoms with van der Waals surface area (Å²) in [6.07, 6.45) is 2.47. The molecule has 1 saturated heterocycles. The standard InChI is InChI=1S/C19H28N4O4/c1-12-10-22(18(25)27-19(3,4)5)8-9-23(12)17-14-6-7-15(26-13(2)24)16(14)20-11-21-17/h11-12,15H,6-10H2,1-5H3/t12-,15?/m0/s1. The molecule has 1 fully saturated rings. The fourth-order valence-electron chi connectivity index (χ4n) is 3.67. The van der Waals surface area contributed by atoms with Crippen molar-refractivity contribution in [2.45, 2.75) is 65.2 Å². The Kier molecular flexibility index (Phi) is 5.26. The second kappa shape index (κ2) is 7.32. The monoisotopic (exact) mass is 376 g/mol. The van der Waals surface area contributed by atoms with Crippen LogP contribution in [0.4, 0.5) is 10.6 Å². The number of carbonyl (C=O) groups is 2. The van der Waals surface area contributed by atoms with Crippen LogP contribution in [-0.2, 0) is 20.7 Å². The molecule has 0 spiro atoms. The first-order valence-electron chi connectivity index (χ1n) is 9.41. The Hall–Kier alpha value is -2.38. The Bertz CT molecular complexity index is 731. The largest absolute Gasteiger partial charge is 0.456 e. The highest BCUT2D eigenvalue weighted by Gasteiger charge is 2.35. The molecule has 8 nitrogen and oxygen atoms in total. The van der Waals surface area contributed by atoms with Gasteiger partial charge in [0, 0.05) is 38.2 Å². The predicted molar refractivity (Wildman–Crippen MR) is 99.5 cm³/mol. The van der Waals surface area contributed by atoms with Gasteiger partial charge in [-0.25, -0.2) is 14.8 Å². The minimum atomic E-state index is -0.503. The molecule has 3 rings (SSSR count). The Morgan fingerprint density at radius 2 is 1.96 bits per heavy atom. The van der Waals surface area contributed by atoms with Crippen LogP contribution < -0.4 is 4.90 Å².